The number of hydrogen-bond donors (Lipinski definition) is 0. The fourth-order valence-electron chi connectivity index (χ4n) is 8.29. The second kappa shape index (κ2) is 12.6. The van der Waals surface area contributed by atoms with E-state index in [1.807, 2.05) is 13.0 Å². The Kier molecular flexibility index (Phi) is 8.45. The predicted octanol–water partition coefficient (Wildman–Crippen LogP) is 6.68. The third-order valence-electron chi connectivity index (χ3n) is 10.7. The fourth-order valence-corrected chi connectivity index (χ4v) is 8.29. The molecule has 3 heterocycles. The summed E-state index contributed by atoms with van der Waals surface area (Å²) in [5.74, 6) is 0.775. The number of likely N-dealkylation sites (tertiary alicyclic amines) is 1. The maximum absolute atomic E-state index is 14.0. The second-order valence-electron chi connectivity index (χ2n) is 13.5. The number of piperidine rings is 1. The lowest BCUT2D eigenvalue weighted by Crippen LogP contribution is -2.48. The molecule has 0 N–H and O–H groups in total. The van der Waals surface area contributed by atoms with Crippen molar-refractivity contribution in [3.05, 3.63) is 59.7 Å². The molecule has 2 saturated heterocycles. The van der Waals surface area contributed by atoms with Gasteiger partial charge in [-0.05, 0) is 68.7 Å². The van der Waals surface area contributed by atoms with Crippen LogP contribution in [0, 0.1) is 5.92 Å². The fraction of sp³-hybridized carbons (Fsp3) is 0.611. The van der Waals surface area contributed by atoms with Crippen molar-refractivity contribution in [1.82, 2.24) is 14.7 Å². The van der Waals surface area contributed by atoms with Gasteiger partial charge >= 0.3 is 12.0 Å². The van der Waals surface area contributed by atoms with E-state index >= 15 is 0 Å². The van der Waals surface area contributed by atoms with Gasteiger partial charge < -0.3 is 24.0 Å². The van der Waals surface area contributed by atoms with Crippen LogP contribution in [0.1, 0.15) is 94.7 Å². The first-order chi connectivity index (χ1) is 21.5. The number of urea groups is 1. The van der Waals surface area contributed by atoms with Gasteiger partial charge in [-0.15, -0.1) is 0 Å². The van der Waals surface area contributed by atoms with Gasteiger partial charge in [-0.25, -0.2) is 4.79 Å². The zero-order valence-electron chi connectivity index (χ0n) is 26.1. The van der Waals surface area contributed by atoms with Crippen LogP contribution in [0.15, 0.2) is 48.5 Å². The van der Waals surface area contributed by atoms with Crippen molar-refractivity contribution < 1.29 is 23.8 Å². The summed E-state index contributed by atoms with van der Waals surface area (Å²) in [6.45, 7) is 5.87. The van der Waals surface area contributed by atoms with Crippen molar-refractivity contribution in [3.63, 3.8) is 0 Å². The number of ether oxygens (including phenoxy) is 3. The molecule has 8 nitrogen and oxygen atoms in total. The monoisotopic (exact) mass is 601 g/mol. The van der Waals surface area contributed by atoms with Crippen LogP contribution < -0.4 is 9.47 Å². The van der Waals surface area contributed by atoms with Gasteiger partial charge in [-0.3, -0.25) is 9.69 Å². The van der Waals surface area contributed by atoms with Crippen molar-refractivity contribution in [2.45, 2.75) is 108 Å². The highest BCUT2D eigenvalue weighted by Crippen LogP contribution is 2.47. The van der Waals surface area contributed by atoms with Crippen molar-refractivity contribution >= 4 is 12.0 Å². The molecule has 5 aliphatic rings. The maximum atomic E-state index is 14.0. The Bertz CT molecular complexity index is 1310. The van der Waals surface area contributed by atoms with Crippen molar-refractivity contribution in [2.24, 2.45) is 5.92 Å². The van der Waals surface area contributed by atoms with Crippen molar-refractivity contribution in [1.29, 1.82) is 0 Å². The zero-order chi connectivity index (χ0) is 30.1. The molecule has 1 spiro atoms. The number of esters is 1. The van der Waals surface area contributed by atoms with Gasteiger partial charge in [0.1, 0.15) is 0 Å². The molecule has 0 unspecified atom stereocenters. The van der Waals surface area contributed by atoms with Gasteiger partial charge in [0.15, 0.2) is 11.5 Å². The van der Waals surface area contributed by atoms with E-state index in [1.54, 1.807) is 0 Å². The van der Waals surface area contributed by atoms with E-state index in [9.17, 15) is 9.59 Å². The SMILES string of the molecule is CCOC(=O)C1CCC2(CC1)Oc1ccc(CN3CCC(N4C(=O)N(C5CCCCC5)C[C@H]4c4ccccc4)CC3)cc1O2. The van der Waals surface area contributed by atoms with Gasteiger partial charge in [-0.2, -0.15) is 0 Å². The van der Waals surface area contributed by atoms with Crippen LogP contribution in [0.3, 0.4) is 0 Å². The first-order valence-corrected chi connectivity index (χ1v) is 17.1. The van der Waals surface area contributed by atoms with Crippen LogP contribution >= 0.6 is 0 Å². The molecule has 44 heavy (non-hydrogen) atoms. The minimum atomic E-state index is -0.661. The molecule has 236 valence electrons. The van der Waals surface area contributed by atoms with Crippen molar-refractivity contribution in [2.75, 3.05) is 26.2 Å². The van der Waals surface area contributed by atoms with Gasteiger partial charge in [0.2, 0.25) is 0 Å². The summed E-state index contributed by atoms with van der Waals surface area (Å²) < 4.78 is 18.0. The molecular weight excluding hydrogens is 554 g/mol. The first-order valence-electron chi connectivity index (χ1n) is 17.1. The average molecular weight is 602 g/mol. The lowest BCUT2D eigenvalue weighted by molar-refractivity contribution is -0.156. The molecule has 2 aliphatic carbocycles. The molecule has 4 fully saturated rings. The van der Waals surface area contributed by atoms with E-state index in [0.717, 1.165) is 76.2 Å². The number of carbonyl (C=O) groups is 2. The molecule has 0 bridgehead atoms. The summed E-state index contributed by atoms with van der Waals surface area (Å²) in [7, 11) is 0. The molecule has 3 aliphatic heterocycles. The summed E-state index contributed by atoms with van der Waals surface area (Å²) >= 11 is 0. The summed E-state index contributed by atoms with van der Waals surface area (Å²) in [6, 6.07) is 18.0. The van der Waals surface area contributed by atoms with E-state index in [4.69, 9.17) is 14.2 Å². The number of nitrogens with zero attached hydrogens (tertiary/aromatic N) is 3. The Balaban J connectivity index is 0.964. The smallest absolute Gasteiger partial charge is 0.321 e. The number of benzene rings is 2. The van der Waals surface area contributed by atoms with E-state index in [0.29, 0.717) is 25.5 Å². The third-order valence-corrected chi connectivity index (χ3v) is 10.7. The highest BCUT2D eigenvalue weighted by molar-refractivity contribution is 5.78. The average Bonchev–Trinajstić information content (AvgIpc) is 3.59. The highest BCUT2D eigenvalue weighted by Gasteiger charge is 2.47. The zero-order valence-corrected chi connectivity index (χ0v) is 26.1. The van der Waals surface area contributed by atoms with Crippen LogP contribution in [0.4, 0.5) is 4.79 Å². The molecule has 1 atom stereocenters. The van der Waals surface area contributed by atoms with Gasteiger partial charge in [-0.1, -0.05) is 55.7 Å². The topological polar surface area (TPSA) is 71.6 Å². The number of rotatable bonds is 7. The van der Waals surface area contributed by atoms with E-state index in [1.165, 1.54) is 30.4 Å². The number of amides is 2. The molecular formula is C36H47N3O5. The second-order valence-corrected chi connectivity index (χ2v) is 13.5. The largest absolute Gasteiger partial charge is 0.466 e. The van der Waals surface area contributed by atoms with Gasteiger partial charge in [0.05, 0.1) is 18.6 Å². The molecule has 2 amide bonds. The first kappa shape index (κ1) is 29.5. The quantitative estimate of drug-likeness (QED) is 0.330. The highest BCUT2D eigenvalue weighted by atomic mass is 16.7. The molecule has 0 radical (unpaired) electrons. The molecule has 2 aromatic carbocycles. The maximum Gasteiger partial charge on any atom is 0.321 e. The standard InChI is InChI=1S/C36H47N3O5/c1-2-42-34(40)28-15-19-36(20-16-28)43-32-14-13-26(23-33(32)44-36)24-37-21-17-30(18-22-37)39-31(27-9-5-3-6-10-27)25-38(35(39)41)29-11-7-4-8-12-29/h3,5-6,9-10,13-14,23,28-31H,2,4,7-8,11-12,15-22,24-25H2,1H3/t28?,31-,36?/m0/s1. The number of hydrogen-bond acceptors (Lipinski definition) is 6. The summed E-state index contributed by atoms with van der Waals surface area (Å²) in [5, 5.41) is 0. The Hall–Kier alpha value is -3.26. The van der Waals surface area contributed by atoms with E-state index in [2.05, 4.69) is 57.2 Å². The van der Waals surface area contributed by atoms with Crippen LogP contribution in [0.2, 0.25) is 0 Å². The van der Waals surface area contributed by atoms with Gasteiger partial charge in [0, 0.05) is 51.1 Å². The minimum Gasteiger partial charge on any atom is -0.466 e. The molecule has 2 saturated carbocycles. The lowest BCUT2D eigenvalue weighted by atomic mass is 9.85. The molecule has 2 aromatic rings. The lowest BCUT2D eigenvalue weighted by Gasteiger charge is -2.39. The molecule has 8 heteroatoms. The summed E-state index contributed by atoms with van der Waals surface area (Å²) in [5.41, 5.74) is 2.47. The molecule has 7 rings (SSSR count). The Morgan fingerprint density at radius 3 is 2.34 bits per heavy atom. The van der Waals surface area contributed by atoms with Crippen molar-refractivity contribution in [3.8, 4) is 11.5 Å². The summed E-state index contributed by atoms with van der Waals surface area (Å²) in [4.78, 5) is 33.1. The number of fused-ring (bicyclic) bond motifs is 1. The Morgan fingerprint density at radius 2 is 1.61 bits per heavy atom. The van der Waals surface area contributed by atoms with Crippen LogP contribution in [0.25, 0.3) is 0 Å². The van der Waals surface area contributed by atoms with E-state index in [-0.39, 0.29) is 30.0 Å². The number of carbonyl (C=O) groups excluding carboxylic acids is 2. The van der Waals surface area contributed by atoms with Crippen LogP contribution in [0.5, 0.6) is 11.5 Å². The predicted molar refractivity (Wildman–Crippen MR) is 167 cm³/mol. The minimum absolute atomic E-state index is 0.0656. The van der Waals surface area contributed by atoms with E-state index < -0.39 is 5.79 Å². The molecule has 0 aromatic heterocycles. The normalized spacial score (nSPS) is 28.2. The van der Waals surface area contributed by atoms with Crippen LogP contribution in [-0.2, 0) is 16.1 Å². The Labute approximate surface area is 261 Å². The third kappa shape index (κ3) is 5.90. The van der Waals surface area contributed by atoms with Crippen LogP contribution in [-0.4, -0.2) is 70.8 Å². The summed E-state index contributed by atoms with van der Waals surface area (Å²) in [6.07, 6.45) is 10.8. The Morgan fingerprint density at radius 1 is 0.886 bits per heavy atom. The van der Waals surface area contributed by atoms with Gasteiger partial charge in [0.25, 0.3) is 5.79 Å².